The number of piperazine rings is 1. The Kier molecular flexibility index (Phi) is 5.15. The van der Waals surface area contributed by atoms with E-state index in [1.165, 1.54) is 5.56 Å². The zero-order valence-corrected chi connectivity index (χ0v) is 14.7. The van der Waals surface area contributed by atoms with Gasteiger partial charge in [0.1, 0.15) is 5.60 Å². The van der Waals surface area contributed by atoms with Crippen LogP contribution >= 0.6 is 0 Å². The van der Waals surface area contributed by atoms with E-state index in [0.717, 1.165) is 13.1 Å². The van der Waals surface area contributed by atoms with Crippen molar-refractivity contribution in [3.05, 3.63) is 48.6 Å². The van der Waals surface area contributed by atoms with Crippen molar-refractivity contribution in [2.45, 2.75) is 38.8 Å². The van der Waals surface area contributed by atoms with E-state index in [2.05, 4.69) is 30.5 Å². The molecule has 1 heterocycles. The zero-order chi connectivity index (χ0) is 17.1. The molecule has 4 nitrogen and oxygen atoms in total. The molecule has 1 unspecified atom stereocenters. The normalized spacial score (nSPS) is 19.0. The van der Waals surface area contributed by atoms with Crippen LogP contribution in [0.5, 0.6) is 0 Å². The molecule has 1 fully saturated rings. The highest BCUT2D eigenvalue weighted by atomic mass is 16.6. The fraction of sp³-hybridized carbons (Fsp3) is 0.526. The van der Waals surface area contributed by atoms with E-state index in [-0.39, 0.29) is 11.6 Å². The van der Waals surface area contributed by atoms with E-state index in [1.807, 2.05) is 45.0 Å². The number of nitrogens with zero attached hydrogens (tertiary/aromatic N) is 2. The van der Waals surface area contributed by atoms with Gasteiger partial charge in [-0.05, 0) is 33.3 Å². The Morgan fingerprint density at radius 1 is 1.09 bits per heavy atom. The third kappa shape index (κ3) is 4.14. The lowest BCUT2D eigenvalue weighted by molar-refractivity contribution is 0.00504. The first-order valence-electron chi connectivity index (χ1n) is 8.18. The van der Waals surface area contributed by atoms with Gasteiger partial charge in [-0.2, -0.15) is 0 Å². The lowest BCUT2D eigenvalue weighted by Crippen LogP contribution is -2.55. The summed E-state index contributed by atoms with van der Waals surface area (Å²) >= 11 is 0. The molecule has 0 spiro atoms. The first-order valence-corrected chi connectivity index (χ1v) is 8.18. The Hall–Kier alpha value is -1.81. The van der Waals surface area contributed by atoms with E-state index < -0.39 is 5.60 Å². The van der Waals surface area contributed by atoms with E-state index >= 15 is 0 Å². The van der Waals surface area contributed by atoms with Gasteiger partial charge in [-0.25, -0.2) is 4.79 Å². The van der Waals surface area contributed by atoms with Crippen LogP contribution in [0.25, 0.3) is 0 Å². The Bertz CT molecular complexity index is 542. The van der Waals surface area contributed by atoms with Crippen molar-refractivity contribution >= 4 is 6.09 Å². The van der Waals surface area contributed by atoms with Gasteiger partial charge in [0.25, 0.3) is 0 Å². The van der Waals surface area contributed by atoms with Crippen LogP contribution in [0.4, 0.5) is 4.79 Å². The predicted molar refractivity (Wildman–Crippen MR) is 93.4 cm³/mol. The van der Waals surface area contributed by atoms with Crippen LogP contribution in [0.3, 0.4) is 0 Å². The molecule has 1 aromatic rings. The molecule has 1 aliphatic heterocycles. The molecule has 0 N–H and O–H groups in total. The third-order valence-electron chi connectivity index (χ3n) is 4.34. The molecule has 1 saturated heterocycles. The van der Waals surface area contributed by atoms with E-state index in [9.17, 15) is 4.79 Å². The molecule has 0 bridgehead atoms. The summed E-state index contributed by atoms with van der Waals surface area (Å²) in [7, 11) is 0. The third-order valence-corrected chi connectivity index (χ3v) is 4.34. The Labute approximate surface area is 139 Å². The molecule has 1 aliphatic rings. The lowest BCUT2D eigenvalue weighted by Gasteiger charge is -2.44. The maximum atomic E-state index is 12.2. The quantitative estimate of drug-likeness (QED) is 0.798. The van der Waals surface area contributed by atoms with Gasteiger partial charge >= 0.3 is 6.09 Å². The second-order valence-corrected chi connectivity index (χ2v) is 7.17. The van der Waals surface area contributed by atoms with Crippen molar-refractivity contribution in [3.8, 4) is 0 Å². The van der Waals surface area contributed by atoms with E-state index in [0.29, 0.717) is 13.1 Å². The van der Waals surface area contributed by atoms with Crippen LogP contribution in [-0.4, -0.2) is 47.7 Å². The summed E-state index contributed by atoms with van der Waals surface area (Å²) in [5.41, 5.74) is 0.551. The number of rotatable bonds is 3. The SMILES string of the molecule is C=CC(C)(c1ccccc1)N1CCN(C(=O)OC(C)(C)C)CC1. The molecular formula is C19H28N2O2. The molecular weight excluding hydrogens is 288 g/mol. The number of hydrogen-bond acceptors (Lipinski definition) is 3. The summed E-state index contributed by atoms with van der Waals surface area (Å²) in [5.74, 6) is 0. The minimum Gasteiger partial charge on any atom is -0.444 e. The second kappa shape index (κ2) is 6.75. The minimum atomic E-state index is -0.451. The summed E-state index contributed by atoms with van der Waals surface area (Å²) in [4.78, 5) is 16.3. The van der Waals surface area contributed by atoms with Crippen LogP contribution in [0.1, 0.15) is 33.3 Å². The van der Waals surface area contributed by atoms with Crippen molar-refractivity contribution < 1.29 is 9.53 Å². The standard InChI is InChI=1S/C19H28N2O2/c1-6-19(5,16-10-8-7-9-11-16)21-14-12-20(13-15-21)17(22)23-18(2,3)4/h6-11H,1,12-15H2,2-5H3. The highest BCUT2D eigenvalue weighted by Crippen LogP contribution is 2.30. The maximum Gasteiger partial charge on any atom is 0.410 e. The van der Waals surface area contributed by atoms with Crippen LogP contribution in [0.2, 0.25) is 0 Å². The largest absolute Gasteiger partial charge is 0.444 e. The van der Waals surface area contributed by atoms with Gasteiger partial charge in [0.15, 0.2) is 0 Å². The van der Waals surface area contributed by atoms with E-state index in [4.69, 9.17) is 4.74 Å². The number of carbonyl (C=O) groups is 1. The Balaban J connectivity index is 2.03. The molecule has 1 amide bonds. The average Bonchev–Trinajstić information content (AvgIpc) is 2.53. The number of hydrogen-bond donors (Lipinski definition) is 0. The molecule has 2 rings (SSSR count). The molecule has 1 aromatic carbocycles. The summed E-state index contributed by atoms with van der Waals surface area (Å²) < 4.78 is 5.46. The van der Waals surface area contributed by atoms with Crippen molar-refractivity contribution in [1.82, 2.24) is 9.80 Å². The first-order chi connectivity index (χ1) is 10.8. The van der Waals surface area contributed by atoms with Crippen LogP contribution in [0, 0.1) is 0 Å². The highest BCUT2D eigenvalue weighted by molar-refractivity contribution is 5.68. The molecule has 23 heavy (non-hydrogen) atoms. The van der Waals surface area contributed by atoms with Gasteiger partial charge in [0, 0.05) is 26.2 Å². The van der Waals surface area contributed by atoms with Crippen molar-refractivity contribution in [1.29, 1.82) is 0 Å². The number of carbonyl (C=O) groups excluding carboxylic acids is 1. The number of ether oxygens (including phenoxy) is 1. The van der Waals surface area contributed by atoms with Crippen LogP contribution < -0.4 is 0 Å². The van der Waals surface area contributed by atoms with Gasteiger partial charge in [-0.1, -0.05) is 36.4 Å². The van der Waals surface area contributed by atoms with Crippen molar-refractivity contribution in [3.63, 3.8) is 0 Å². The average molecular weight is 316 g/mol. The fourth-order valence-corrected chi connectivity index (χ4v) is 2.89. The summed E-state index contributed by atoms with van der Waals surface area (Å²) in [6, 6.07) is 10.4. The fourth-order valence-electron chi connectivity index (χ4n) is 2.89. The second-order valence-electron chi connectivity index (χ2n) is 7.17. The predicted octanol–water partition coefficient (Wildman–Crippen LogP) is 3.64. The van der Waals surface area contributed by atoms with Gasteiger partial charge in [0.2, 0.25) is 0 Å². The Morgan fingerprint density at radius 2 is 1.65 bits per heavy atom. The summed E-state index contributed by atoms with van der Waals surface area (Å²) in [6.07, 6.45) is 1.77. The van der Waals surface area contributed by atoms with Crippen LogP contribution in [0.15, 0.2) is 43.0 Å². The monoisotopic (exact) mass is 316 g/mol. The van der Waals surface area contributed by atoms with Crippen molar-refractivity contribution in [2.24, 2.45) is 0 Å². The molecule has 4 heteroatoms. The lowest BCUT2D eigenvalue weighted by atomic mass is 9.89. The molecule has 0 radical (unpaired) electrons. The van der Waals surface area contributed by atoms with Gasteiger partial charge in [-0.3, -0.25) is 4.90 Å². The zero-order valence-electron chi connectivity index (χ0n) is 14.7. The topological polar surface area (TPSA) is 32.8 Å². The maximum absolute atomic E-state index is 12.2. The number of benzene rings is 1. The molecule has 0 aliphatic carbocycles. The van der Waals surface area contributed by atoms with Gasteiger partial charge in [-0.15, -0.1) is 6.58 Å². The summed E-state index contributed by atoms with van der Waals surface area (Å²) in [6.45, 7) is 14.8. The molecule has 126 valence electrons. The van der Waals surface area contributed by atoms with Gasteiger partial charge < -0.3 is 9.64 Å². The molecule has 1 atom stereocenters. The minimum absolute atomic E-state index is 0.221. The molecule has 0 saturated carbocycles. The summed E-state index contributed by atoms with van der Waals surface area (Å²) in [5, 5.41) is 0. The first kappa shape index (κ1) is 17.5. The van der Waals surface area contributed by atoms with Gasteiger partial charge in [0.05, 0.1) is 5.54 Å². The molecule has 0 aromatic heterocycles. The number of amides is 1. The van der Waals surface area contributed by atoms with E-state index in [1.54, 1.807) is 4.90 Å². The smallest absolute Gasteiger partial charge is 0.410 e. The Morgan fingerprint density at radius 3 is 2.13 bits per heavy atom. The van der Waals surface area contributed by atoms with Crippen molar-refractivity contribution in [2.75, 3.05) is 26.2 Å². The van der Waals surface area contributed by atoms with Crippen LogP contribution in [-0.2, 0) is 10.3 Å². The highest BCUT2D eigenvalue weighted by Gasteiger charge is 2.34.